The number of aromatic carboxylic acids is 1. The monoisotopic (exact) mass is 280 g/mol. The molecule has 1 heterocycles. The zero-order valence-electron chi connectivity index (χ0n) is 11.8. The summed E-state index contributed by atoms with van der Waals surface area (Å²) in [4.78, 5) is 11.4. The highest BCUT2D eigenvalue weighted by molar-refractivity contribution is 5.96. The van der Waals surface area contributed by atoms with Crippen molar-refractivity contribution in [3.8, 4) is 11.3 Å². The number of rotatable bonds is 4. The summed E-state index contributed by atoms with van der Waals surface area (Å²) in [6.45, 7) is 2.76. The summed E-state index contributed by atoms with van der Waals surface area (Å²) in [5, 5.41) is 16.0. The standard InChI is InChI=1S/C17H16N2O2/c1-2-9-19-11-15(17(20)21)16(18-19)14-8-7-12-5-3-4-6-13(12)10-14/h3-8,10-11H,2,9H2,1H3,(H,20,21). The van der Waals surface area contributed by atoms with Gasteiger partial charge in [-0.2, -0.15) is 5.10 Å². The Morgan fingerprint density at radius 1 is 1.19 bits per heavy atom. The second-order valence-corrected chi connectivity index (χ2v) is 5.02. The molecule has 1 aromatic heterocycles. The van der Waals surface area contributed by atoms with Crippen molar-refractivity contribution in [3.05, 3.63) is 54.2 Å². The summed E-state index contributed by atoms with van der Waals surface area (Å²) in [6.07, 6.45) is 2.52. The number of aryl methyl sites for hydroxylation is 1. The van der Waals surface area contributed by atoms with Crippen LogP contribution in [0.4, 0.5) is 0 Å². The van der Waals surface area contributed by atoms with Gasteiger partial charge >= 0.3 is 5.97 Å². The van der Waals surface area contributed by atoms with E-state index >= 15 is 0 Å². The van der Waals surface area contributed by atoms with E-state index < -0.39 is 5.97 Å². The summed E-state index contributed by atoms with van der Waals surface area (Å²) in [6, 6.07) is 13.9. The molecule has 0 atom stereocenters. The van der Waals surface area contributed by atoms with Crippen LogP contribution in [0.1, 0.15) is 23.7 Å². The van der Waals surface area contributed by atoms with Crippen molar-refractivity contribution in [1.29, 1.82) is 0 Å². The lowest BCUT2D eigenvalue weighted by atomic mass is 10.0. The van der Waals surface area contributed by atoms with Gasteiger partial charge in [-0.15, -0.1) is 0 Å². The third kappa shape index (κ3) is 2.52. The van der Waals surface area contributed by atoms with Gasteiger partial charge < -0.3 is 5.11 Å². The molecule has 4 heteroatoms. The molecule has 0 aliphatic rings. The molecule has 2 aromatic carbocycles. The molecule has 0 unspecified atom stereocenters. The van der Waals surface area contributed by atoms with Gasteiger partial charge in [0.15, 0.2) is 0 Å². The molecule has 0 amide bonds. The van der Waals surface area contributed by atoms with Crippen LogP contribution in [0.5, 0.6) is 0 Å². The van der Waals surface area contributed by atoms with Crippen molar-refractivity contribution >= 4 is 16.7 Å². The molecule has 1 N–H and O–H groups in total. The maximum absolute atomic E-state index is 11.4. The SMILES string of the molecule is CCCn1cc(C(=O)O)c(-c2ccc3ccccc3c2)n1. The summed E-state index contributed by atoms with van der Waals surface area (Å²) in [5.74, 6) is -0.944. The molecule has 0 spiro atoms. The highest BCUT2D eigenvalue weighted by Crippen LogP contribution is 2.26. The maximum Gasteiger partial charge on any atom is 0.339 e. The number of carboxylic acid groups (broad SMARTS) is 1. The van der Waals surface area contributed by atoms with Gasteiger partial charge in [-0.05, 0) is 23.3 Å². The van der Waals surface area contributed by atoms with Crippen LogP contribution in [0.2, 0.25) is 0 Å². The number of carboxylic acids is 1. The third-order valence-corrected chi connectivity index (χ3v) is 3.47. The van der Waals surface area contributed by atoms with Crippen molar-refractivity contribution in [2.24, 2.45) is 0 Å². The molecular formula is C17H16N2O2. The van der Waals surface area contributed by atoms with E-state index in [1.54, 1.807) is 10.9 Å². The van der Waals surface area contributed by atoms with Crippen LogP contribution in [-0.4, -0.2) is 20.9 Å². The summed E-state index contributed by atoms with van der Waals surface area (Å²) < 4.78 is 1.70. The number of aromatic nitrogens is 2. The van der Waals surface area contributed by atoms with Crippen LogP contribution in [-0.2, 0) is 6.54 Å². The fourth-order valence-electron chi connectivity index (χ4n) is 2.47. The summed E-state index contributed by atoms with van der Waals surface area (Å²) in [5.41, 5.74) is 1.61. The van der Waals surface area contributed by atoms with Crippen molar-refractivity contribution < 1.29 is 9.90 Å². The topological polar surface area (TPSA) is 55.1 Å². The molecule has 0 saturated heterocycles. The van der Waals surface area contributed by atoms with Crippen molar-refractivity contribution in [2.75, 3.05) is 0 Å². The van der Waals surface area contributed by atoms with Gasteiger partial charge in [0.2, 0.25) is 0 Å². The van der Waals surface area contributed by atoms with E-state index in [0.717, 1.165) is 22.8 Å². The van der Waals surface area contributed by atoms with Crippen LogP contribution in [0.3, 0.4) is 0 Å². The molecule has 3 rings (SSSR count). The van der Waals surface area contributed by atoms with E-state index in [1.807, 2.05) is 49.4 Å². The van der Waals surface area contributed by atoms with Crippen LogP contribution in [0.25, 0.3) is 22.0 Å². The van der Waals surface area contributed by atoms with Crippen molar-refractivity contribution in [2.45, 2.75) is 19.9 Å². The molecule has 0 fully saturated rings. The van der Waals surface area contributed by atoms with E-state index in [1.165, 1.54) is 0 Å². The minimum Gasteiger partial charge on any atom is -0.478 e. The molecule has 0 aliphatic carbocycles. The van der Waals surface area contributed by atoms with Crippen LogP contribution >= 0.6 is 0 Å². The Labute approximate surface area is 122 Å². The predicted molar refractivity (Wildman–Crippen MR) is 82.4 cm³/mol. The molecule has 4 nitrogen and oxygen atoms in total. The fourth-order valence-corrected chi connectivity index (χ4v) is 2.47. The minimum absolute atomic E-state index is 0.249. The Morgan fingerprint density at radius 2 is 1.95 bits per heavy atom. The average Bonchev–Trinajstić information content (AvgIpc) is 2.91. The second kappa shape index (κ2) is 5.40. The predicted octanol–water partition coefficient (Wildman–Crippen LogP) is 3.81. The van der Waals surface area contributed by atoms with Crippen LogP contribution in [0, 0.1) is 0 Å². The first kappa shape index (κ1) is 13.4. The number of hydrogen-bond acceptors (Lipinski definition) is 2. The van der Waals surface area contributed by atoms with Crippen molar-refractivity contribution in [3.63, 3.8) is 0 Å². The Bertz CT molecular complexity index is 805. The smallest absolute Gasteiger partial charge is 0.339 e. The zero-order chi connectivity index (χ0) is 14.8. The zero-order valence-corrected chi connectivity index (χ0v) is 11.8. The van der Waals surface area contributed by atoms with Gasteiger partial charge in [0.1, 0.15) is 11.3 Å². The lowest BCUT2D eigenvalue weighted by Gasteiger charge is -2.02. The Morgan fingerprint density at radius 3 is 2.67 bits per heavy atom. The highest BCUT2D eigenvalue weighted by Gasteiger charge is 2.17. The van der Waals surface area contributed by atoms with Gasteiger partial charge in [0, 0.05) is 18.3 Å². The molecular weight excluding hydrogens is 264 g/mol. The summed E-state index contributed by atoms with van der Waals surface area (Å²) >= 11 is 0. The fraction of sp³-hybridized carbons (Fsp3) is 0.176. The first-order valence-corrected chi connectivity index (χ1v) is 6.99. The quantitative estimate of drug-likeness (QED) is 0.790. The molecule has 21 heavy (non-hydrogen) atoms. The Kier molecular flexibility index (Phi) is 3.44. The van der Waals surface area contributed by atoms with Gasteiger partial charge in [0.25, 0.3) is 0 Å². The summed E-state index contributed by atoms with van der Waals surface area (Å²) in [7, 11) is 0. The number of benzene rings is 2. The Balaban J connectivity index is 2.14. The highest BCUT2D eigenvalue weighted by atomic mass is 16.4. The number of hydrogen-bond donors (Lipinski definition) is 1. The molecule has 3 aromatic rings. The van der Waals surface area contributed by atoms with Crippen LogP contribution in [0.15, 0.2) is 48.7 Å². The van der Waals surface area contributed by atoms with E-state index in [9.17, 15) is 9.90 Å². The lowest BCUT2D eigenvalue weighted by Crippen LogP contribution is -1.97. The first-order valence-electron chi connectivity index (χ1n) is 6.99. The van der Waals surface area contributed by atoms with Gasteiger partial charge in [-0.3, -0.25) is 4.68 Å². The molecule has 106 valence electrons. The van der Waals surface area contributed by atoms with Gasteiger partial charge in [0.05, 0.1) is 0 Å². The molecule has 0 radical (unpaired) electrons. The lowest BCUT2D eigenvalue weighted by molar-refractivity contribution is 0.0697. The molecule has 0 aliphatic heterocycles. The second-order valence-electron chi connectivity index (χ2n) is 5.02. The minimum atomic E-state index is -0.944. The number of carbonyl (C=O) groups is 1. The number of nitrogens with zero attached hydrogens (tertiary/aromatic N) is 2. The molecule has 0 bridgehead atoms. The van der Waals surface area contributed by atoms with Crippen LogP contribution < -0.4 is 0 Å². The average molecular weight is 280 g/mol. The van der Waals surface area contributed by atoms with E-state index in [0.29, 0.717) is 12.2 Å². The first-order chi connectivity index (χ1) is 10.2. The van der Waals surface area contributed by atoms with Gasteiger partial charge in [-0.25, -0.2) is 4.79 Å². The van der Waals surface area contributed by atoms with Gasteiger partial charge in [-0.1, -0.05) is 43.3 Å². The Hall–Kier alpha value is -2.62. The maximum atomic E-state index is 11.4. The van der Waals surface area contributed by atoms with Crippen molar-refractivity contribution in [1.82, 2.24) is 9.78 Å². The normalized spacial score (nSPS) is 10.9. The van der Waals surface area contributed by atoms with E-state index in [-0.39, 0.29) is 5.56 Å². The number of fused-ring (bicyclic) bond motifs is 1. The molecule has 0 saturated carbocycles. The van der Waals surface area contributed by atoms with E-state index in [4.69, 9.17) is 0 Å². The van der Waals surface area contributed by atoms with E-state index in [2.05, 4.69) is 5.10 Å². The largest absolute Gasteiger partial charge is 0.478 e. The third-order valence-electron chi connectivity index (χ3n) is 3.47.